The molecule has 1 saturated heterocycles. The molecular weight excluding hydrogens is 456 g/mol. The van der Waals surface area contributed by atoms with Crippen LogP contribution < -0.4 is 0 Å². The van der Waals surface area contributed by atoms with Gasteiger partial charge in [0.1, 0.15) is 5.60 Å². The first-order chi connectivity index (χ1) is 15.5. The molecular formula is C28H56O4Si2. The van der Waals surface area contributed by atoms with Crippen LogP contribution in [0.25, 0.3) is 0 Å². The highest BCUT2D eigenvalue weighted by molar-refractivity contribution is 6.74. The van der Waals surface area contributed by atoms with Crippen molar-refractivity contribution in [1.82, 2.24) is 0 Å². The number of fused-ring (bicyclic) bond motifs is 1. The van der Waals surface area contributed by atoms with E-state index in [9.17, 15) is 5.11 Å². The highest BCUT2D eigenvalue weighted by Gasteiger charge is 2.54. The van der Waals surface area contributed by atoms with Gasteiger partial charge in [-0.05, 0) is 99.5 Å². The maximum atomic E-state index is 9.90. The SMILES string of the molecule is C[C@H](CCC(C[C@@]1(CO)CO1)O[Si](C)(C)C(C)(C)C)[C@H]1CCC2C(O[Si](C)(C)C)CCC[C@]21C. The Morgan fingerprint density at radius 2 is 1.71 bits per heavy atom. The Bertz CT molecular complexity index is 679. The van der Waals surface area contributed by atoms with Gasteiger partial charge in [0.25, 0.3) is 0 Å². The zero-order valence-electron chi connectivity index (χ0n) is 24.1. The van der Waals surface area contributed by atoms with Crippen molar-refractivity contribution in [2.45, 2.75) is 142 Å². The molecule has 0 spiro atoms. The fourth-order valence-corrected chi connectivity index (χ4v) is 9.51. The molecule has 3 aliphatic rings. The van der Waals surface area contributed by atoms with Crippen LogP contribution in [0.3, 0.4) is 0 Å². The first kappa shape index (κ1) is 28.8. The molecule has 1 heterocycles. The maximum absolute atomic E-state index is 9.90. The first-order valence-electron chi connectivity index (χ1n) is 14.1. The second kappa shape index (κ2) is 10.2. The predicted molar refractivity (Wildman–Crippen MR) is 147 cm³/mol. The van der Waals surface area contributed by atoms with Crippen LogP contribution >= 0.6 is 0 Å². The number of epoxide rings is 1. The van der Waals surface area contributed by atoms with Gasteiger partial charge in [0.2, 0.25) is 0 Å². The minimum atomic E-state index is -1.88. The average molecular weight is 513 g/mol. The predicted octanol–water partition coefficient (Wildman–Crippen LogP) is 7.38. The van der Waals surface area contributed by atoms with Crippen LogP contribution in [0.1, 0.15) is 86.0 Å². The van der Waals surface area contributed by atoms with Crippen molar-refractivity contribution in [3.8, 4) is 0 Å². The van der Waals surface area contributed by atoms with Gasteiger partial charge in [-0.3, -0.25) is 0 Å². The van der Waals surface area contributed by atoms with E-state index in [4.69, 9.17) is 13.6 Å². The molecule has 0 amide bonds. The molecule has 200 valence electrons. The van der Waals surface area contributed by atoms with E-state index in [0.29, 0.717) is 24.0 Å². The molecule has 34 heavy (non-hydrogen) atoms. The van der Waals surface area contributed by atoms with Gasteiger partial charge in [-0.15, -0.1) is 0 Å². The number of hydrogen-bond donors (Lipinski definition) is 1. The minimum Gasteiger partial charge on any atom is -0.414 e. The van der Waals surface area contributed by atoms with Crippen LogP contribution in [0, 0.1) is 23.2 Å². The summed E-state index contributed by atoms with van der Waals surface area (Å²) in [6.07, 6.45) is 10.4. The quantitative estimate of drug-likeness (QED) is 0.232. The molecule has 2 aliphatic carbocycles. The average Bonchev–Trinajstić information content (AvgIpc) is 3.36. The van der Waals surface area contributed by atoms with Gasteiger partial charge in [0.05, 0.1) is 13.2 Å². The van der Waals surface area contributed by atoms with Gasteiger partial charge in [-0.25, -0.2) is 0 Å². The summed E-state index contributed by atoms with van der Waals surface area (Å²) in [7, 11) is -3.40. The topological polar surface area (TPSA) is 51.2 Å². The monoisotopic (exact) mass is 512 g/mol. The summed E-state index contributed by atoms with van der Waals surface area (Å²) in [6, 6.07) is 0. The number of aliphatic hydroxyl groups excluding tert-OH is 1. The Kier molecular flexibility index (Phi) is 8.66. The fraction of sp³-hybridized carbons (Fsp3) is 1.00. The van der Waals surface area contributed by atoms with Gasteiger partial charge in [-0.1, -0.05) is 41.0 Å². The lowest BCUT2D eigenvalue weighted by molar-refractivity contribution is -0.0200. The van der Waals surface area contributed by atoms with Crippen LogP contribution in [0.4, 0.5) is 0 Å². The molecule has 3 rings (SSSR count). The van der Waals surface area contributed by atoms with E-state index in [2.05, 4.69) is 67.4 Å². The van der Waals surface area contributed by atoms with Gasteiger partial charge >= 0.3 is 0 Å². The molecule has 0 radical (unpaired) electrons. The van der Waals surface area contributed by atoms with Crippen LogP contribution in [0.2, 0.25) is 37.8 Å². The second-order valence-electron chi connectivity index (χ2n) is 14.8. The Balaban J connectivity index is 1.66. The fourth-order valence-electron chi connectivity index (χ4n) is 6.93. The van der Waals surface area contributed by atoms with Crippen LogP contribution in [0.15, 0.2) is 0 Å². The molecule has 0 aromatic carbocycles. The van der Waals surface area contributed by atoms with Crippen molar-refractivity contribution in [3.05, 3.63) is 0 Å². The van der Waals surface area contributed by atoms with Crippen molar-refractivity contribution in [2.75, 3.05) is 13.2 Å². The molecule has 6 heteroatoms. The Morgan fingerprint density at radius 3 is 2.24 bits per heavy atom. The minimum absolute atomic E-state index is 0.112. The third-order valence-electron chi connectivity index (χ3n) is 9.98. The lowest BCUT2D eigenvalue weighted by Gasteiger charge is -2.48. The summed E-state index contributed by atoms with van der Waals surface area (Å²) >= 11 is 0. The summed E-state index contributed by atoms with van der Waals surface area (Å²) in [6.45, 7) is 24.6. The summed E-state index contributed by atoms with van der Waals surface area (Å²) in [5.74, 6) is 2.21. The number of hydrogen-bond acceptors (Lipinski definition) is 4. The smallest absolute Gasteiger partial charge is 0.192 e. The Morgan fingerprint density at radius 1 is 1.06 bits per heavy atom. The maximum Gasteiger partial charge on any atom is 0.192 e. The van der Waals surface area contributed by atoms with Gasteiger partial charge in [0, 0.05) is 18.6 Å². The third kappa shape index (κ3) is 6.58. The molecule has 2 saturated carbocycles. The second-order valence-corrected chi connectivity index (χ2v) is 24.1. The molecule has 0 bridgehead atoms. The van der Waals surface area contributed by atoms with Crippen molar-refractivity contribution in [1.29, 1.82) is 0 Å². The van der Waals surface area contributed by atoms with Crippen molar-refractivity contribution >= 4 is 16.6 Å². The molecule has 3 unspecified atom stereocenters. The summed E-state index contributed by atoms with van der Waals surface area (Å²) in [5, 5.41) is 10.1. The van der Waals surface area contributed by atoms with Gasteiger partial charge in [-0.2, -0.15) is 0 Å². The number of aliphatic hydroxyl groups is 1. The lowest BCUT2D eigenvalue weighted by Crippen LogP contribution is -2.46. The van der Waals surface area contributed by atoms with Crippen molar-refractivity contribution in [3.63, 3.8) is 0 Å². The van der Waals surface area contributed by atoms with Crippen molar-refractivity contribution < 1.29 is 18.7 Å². The van der Waals surface area contributed by atoms with Crippen LogP contribution in [-0.2, 0) is 13.6 Å². The summed E-state index contributed by atoms with van der Waals surface area (Å²) in [5.41, 5.74) is 0.0785. The van der Waals surface area contributed by atoms with Gasteiger partial charge < -0.3 is 18.7 Å². The van der Waals surface area contributed by atoms with E-state index < -0.39 is 16.6 Å². The zero-order chi connectivity index (χ0) is 25.6. The highest BCUT2D eigenvalue weighted by Crippen LogP contribution is 2.59. The summed E-state index contributed by atoms with van der Waals surface area (Å²) in [4.78, 5) is 0. The van der Waals surface area contributed by atoms with E-state index in [-0.39, 0.29) is 23.4 Å². The normalized spacial score (nSPS) is 36.3. The van der Waals surface area contributed by atoms with E-state index in [0.717, 1.165) is 24.7 Å². The molecule has 3 fully saturated rings. The molecule has 7 atom stereocenters. The highest BCUT2D eigenvalue weighted by atomic mass is 28.4. The Hall–Kier alpha value is 0.274. The standard InChI is InChI=1S/C28H56O4Si2/c1-21(23-15-16-24-25(32-33(6,7)8)12-11-17-27(23,24)5)13-14-22(18-28(19-29)20-30-28)31-34(9,10)26(2,3)4/h21-25,29H,11-20H2,1-10H3/t21-,22?,23-,24?,25?,27+,28-/m1/s1. The summed E-state index contributed by atoms with van der Waals surface area (Å²) < 4.78 is 19.4. The van der Waals surface area contributed by atoms with Crippen LogP contribution in [-0.4, -0.2) is 52.8 Å². The molecule has 1 aliphatic heterocycles. The molecule has 0 aromatic heterocycles. The Labute approximate surface area is 213 Å². The zero-order valence-corrected chi connectivity index (χ0v) is 26.1. The van der Waals surface area contributed by atoms with Crippen molar-refractivity contribution in [2.24, 2.45) is 23.2 Å². The van der Waals surface area contributed by atoms with Gasteiger partial charge in [0.15, 0.2) is 16.6 Å². The first-order valence-corrected chi connectivity index (χ1v) is 20.4. The van der Waals surface area contributed by atoms with E-state index in [1.54, 1.807) is 0 Å². The van der Waals surface area contributed by atoms with E-state index in [1.807, 2.05) is 0 Å². The van der Waals surface area contributed by atoms with E-state index >= 15 is 0 Å². The number of rotatable bonds is 11. The van der Waals surface area contributed by atoms with E-state index in [1.165, 1.54) is 38.5 Å². The largest absolute Gasteiger partial charge is 0.414 e. The van der Waals surface area contributed by atoms with Crippen LogP contribution in [0.5, 0.6) is 0 Å². The molecule has 0 aromatic rings. The molecule has 4 nitrogen and oxygen atoms in total. The molecule has 1 N–H and O–H groups in total. The number of ether oxygens (including phenoxy) is 1. The third-order valence-corrected chi connectivity index (χ3v) is 15.5. The lowest BCUT2D eigenvalue weighted by atomic mass is 9.61.